The first kappa shape index (κ1) is 17.9. The van der Waals surface area contributed by atoms with Crippen molar-refractivity contribution < 1.29 is 39.9 Å². The number of aliphatic imine (C=N–C) groups is 1. The summed E-state index contributed by atoms with van der Waals surface area (Å²) >= 11 is 0. The maximum absolute atomic E-state index is 12.9. The van der Waals surface area contributed by atoms with Crippen molar-refractivity contribution in [3.63, 3.8) is 0 Å². The first-order valence-electron chi connectivity index (χ1n) is 5.31. The van der Waals surface area contributed by atoms with Gasteiger partial charge >= 0.3 is 23.9 Å². The molecule has 0 heterocycles. The molecule has 0 bridgehead atoms. The van der Waals surface area contributed by atoms with Gasteiger partial charge in [0.1, 0.15) is 5.82 Å². The van der Waals surface area contributed by atoms with Crippen molar-refractivity contribution in [2.24, 2.45) is 4.99 Å². The van der Waals surface area contributed by atoms with Crippen LogP contribution >= 0.6 is 0 Å². The van der Waals surface area contributed by atoms with E-state index in [4.69, 9.17) is 0 Å². The fraction of sp³-hybridized carbons (Fsp3) is 0.273. The molecule has 1 aromatic carbocycles. The quantitative estimate of drug-likeness (QED) is 0.512. The fourth-order valence-corrected chi connectivity index (χ4v) is 1.10. The minimum absolute atomic E-state index is 0.0624. The van der Waals surface area contributed by atoms with Gasteiger partial charge in [-0.2, -0.15) is 30.7 Å². The Bertz CT molecular complexity index is 564. The monoisotopic (exact) mass is 334 g/mol. The third-order valence-corrected chi connectivity index (χ3v) is 2.27. The normalized spacial score (nSPS) is 13.5. The molecule has 0 fully saturated rings. The van der Waals surface area contributed by atoms with Crippen LogP contribution < -0.4 is 5.32 Å². The highest BCUT2D eigenvalue weighted by Gasteiger charge is 2.76. The van der Waals surface area contributed by atoms with Gasteiger partial charge in [0, 0.05) is 0 Å². The average molecular weight is 334 g/mol. The van der Waals surface area contributed by atoms with Gasteiger partial charge in [-0.1, -0.05) is 0 Å². The van der Waals surface area contributed by atoms with E-state index in [1.165, 1.54) is 0 Å². The molecule has 1 rings (SSSR count). The highest BCUT2D eigenvalue weighted by molar-refractivity contribution is 5.93. The van der Waals surface area contributed by atoms with Crippen molar-refractivity contribution >= 4 is 17.9 Å². The van der Waals surface area contributed by atoms with E-state index in [-0.39, 0.29) is 12.0 Å². The lowest BCUT2D eigenvalue weighted by atomic mass is 10.1. The molecule has 0 radical (unpaired) electrons. The van der Waals surface area contributed by atoms with Gasteiger partial charge in [-0.15, -0.1) is 0 Å². The Morgan fingerprint density at radius 2 is 1.50 bits per heavy atom. The number of carbonyl (C=O) groups is 1. The number of rotatable bonds is 4. The molecule has 0 aliphatic rings. The Hall–Kier alpha value is -2.20. The van der Waals surface area contributed by atoms with E-state index in [1.54, 1.807) is 0 Å². The van der Waals surface area contributed by atoms with Crippen molar-refractivity contribution in [1.29, 1.82) is 0 Å². The van der Waals surface area contributed by atoms with E-state index in [1.807, 2.05) is 0 Å². The van der Waals surface area contributed by atoms with Gasteiger partial charge in [0.2, 0.25) is 0 Å². The summed E-state index contributed by atoms with van der Waals surface area (Å²) in [5.41, 5.74) is -0.0624. The summed E-state index contributed by atoms with van der Waals surface area (Å²) in [6.07, 6.45) is -6.42. The zero-order chi connectivity index (χ0) is 17.2. The number of nitrogens with zero attached hydrogens (tertiary/aromatic N) is 1. The second-order valence-electron chi connectivity index (χ2n) is 3.85. The molecule has 0 aliphatic carbocycles. The van der Waals surface area contributed by atoms with E-state index >= 15 is 0 Å². The Kier molecular flexibility index (Phi) is 4.78. The smallest absolute Gasteiger partial charge is 0.311 e. The van der Waals surface area contributed by atoms with E-state index in [0.29, 0.717) is 0 Å². The first-order valence-corrected chi connectivity index (χ1v) is 5.31. The molecule has 0 aliphatic heterocycles. The number of halogens is 8. The van der Waals surface area contributed by atoms with Crippen molar-refractivity contribution in [1.82, 2.24) is 5.32 Å². The summed E-state index contributed by atoms with van der Waals surface area (Å²) in [5.74, 6) is -16.1. The fourth-order valence-electron chi connectivity index (χ4n) is 1.10. The molecule has 0 atom stereocenters. The van der Waals surface area contributed by atoms with Crippen LogP contribution in [0.15, 0.2) is 29.3 Å². The zero-order valence-electron chi connectivity index (χ0n) is 10.3. The van der Waals surface area contributed by atoms with Crippen LogP contribution in [0.4, 0.5) is 40.8 Å². The van der Waals surface area contributed by atoms with Gasteiger partial charge in [0.05, 0.1) is 12.0 Å². The van der Waals surface area contributed by atoms with Crippen molar-refractivity contribution in [2.75, 3.05) is 0 Å². The van der Waals surface area contributed by atoms with Gasteiger partial charge in [0.15, 0.2) is 0 Å². The maximum Gasteiger partial charge on any atom is 0.460 e. The molecule has 0 spiro atoms. The molecule has 0 saturated carbocycles. The second-order valence-corrected chi connectivity index (χ2v) is 3.85. The van der Waals surface area contributed by atoms with E-state index in [2.05, 4.69) is 4.99 Å². The standard InChI is InChI=1S/C11H6F8N2O/c12-6-1-3-7(4-2-6)20-5-21-8(22)9(13,14)10(15,16)11(17,18)19/h1-5H,(H,20,21,22). The van der Waals surface area contributed by atoms with Gasteiger partial charge in [-0.05, 0) is 24.3 Å². The van der Waals surface area contributed by atoms with Gasteiger partial charge < -0.3 is 5.32 Å². The number of benzene rings is 1. The number of amides is 1. The molecule has 11 heteroatoms. The summed E-state index contributed by atoms with van der Waals surface area (Å²) in [4.78, 5) is 14.1. The van der Waals surface area contributed by atoms with Crippen LogP contribution in [0, 0.1) is 5.82 Å². The lowest BCUT2D eigenvalue weighted by Gasteiger charge is -2.26. The van der Waals surface area contributed by atoms with Gasteiger partial charge in [0.25, 0.3) is 0 Å². The van der Waals surface area contributed by atoms with Crippen molar-refractivity contribution in [3.05, 3.63) is 30.1 Å². The van der Waals surface area contributed by atoms with Gasteiger partial charge in [-0.3, -0.25) is 4.79 Å². The predicted octanol–water partition coefficient (Wildman–Crippen LogP) is 3.43. The Labute approximate surface area is 117 Å². The minimum atomic E-state index is -6.61. The number of alkyl halides is 7. The Morgan fingerprint density at radius 3 is 1.95 bits per heavy atom. The van der Waals surface area contributed by atoms with E-state index in [0.717, 1.165) is 29.6 Å². The summed E-state index contributed by atoms with van der Waals surface area (Å²) in [7, 11) is 0. The molecule has 1 N–H and O–H groups in total. The zero-order valence-corrected chi connectivity index (χ0v) is 10.3. The molecular formula is C11H6F8N2O. The van der Waals surface area contributed by atoms with Crippen molar-refractivity contribution in [2.45, 2.75) is 18.0 Å². The number of carbonyl (C=O) groups excluding carboxylic acids is 1. The lowest BCUT2D eigenvalue weighted by molar-refractivity contribution is -0.343. The SMILES string of the molecule is O=C(NC=Nc1ccc(F)cc1)C(F)(F)C(F)(F)C(F)(F)F. The maximum atomic E-state index is 12.9. The predicted molar refractivity (Wildman–Crippen MR) is 58.6 cm³/mol. The van der Waals surface area contributed by atoms with E-state index in [9.17, 15) is 39.9 Å². The highest BCUT2D eigenvalue weighted by atomic mass is 19.4. The first-order chi connectivity index (χ1) is 9.89. The van der Waals surface area contributed by atoms with Crippen LogP contribution in [0.3, 0.4) is 0 Å². The largest absolute Gasteiger partial charge is 0.460 e. The summed E-state index contributed by atoms with van der Waals surface area (Å²) in [6, 6.07) is 3.92. The molecule has 0 unspecified atom stereocenters. The van der Waals surface area contributed by atoms with Crippen molar-refractivity contribution in [3.8, 4) is 0 Å². The van der Waals surface area contributed by atoms with Crippen LogP contribution in [0.5, 0.6) is 0 Å². The van der Waals surface area contributed by atoms with Crippen LogP contribution in [-0.2, 0) is 4.79 Å². The van der Waals surface area contributed by atoms with E-state index < -0.39 is 29.7 Å². The molecule has 3 nitrogen and oxygen atoms in total. The third kappa shape index (κ3) is 3.52. The summed E-state index contributed by atoms with van der Waals surface area (Å²) in [6.45, 7) is 0. The molecule has 1 aromatic rings. The van der Waals surface area contributed by atoms with Crippen LogP contribution in [0.1, 0.15) is 0 Å². The average Bonchev–Trinajstić information content (AvgIpc) is 2.39. The molecule has 1 amide bonds. The van der Waals surface area contributed by atoms with Crippen LogP contribution in [-0.4, -0.2) is 30.3 Å². The number of hydrogen-bond acceptors (Lipinski definition) is 2. The summed E-state index contributed by atoms with van der Waals surface area (Å²) in [5, 5.41) is 1.01. The third-order valence-electron chi connectivity index (χ3n) is 2.27. The lowest BCUT2D eigenvalue weighted by Crippen LogP contribution is -2.59. The highest BCUT2D eigenvalue weighted by Crippen LogP contribution is 2.46. The second kappa shape index (κ2) is 5.89. The Morgan fingerprint density at radius 1 is 1.00 bits per heavy atom. The molecular weight excluding hydrogens is 328 g/mol. The Balaban J connectivity index is 2.81. The molecule has 22 heavy (non-hydrogen) atoms. The number of hydrogen-bond donors (Lipinski definition) is 1. The van der Waals surface area contributed by atoms with Gasteiger partial charge in [-0.25, -0.2) is 9.38 Å². The number of nitrogens with one attached hydrogen (secondary N) is 1. The minimum Gasteiger partial charge on any atom is -0.311 e. The van der Waals surface area contributed by atoms with Crippen LogP contribution in [0.2, 0.25) is 0 Å². The molecule has 0 aromatic heterocycles. The molecule has 122 valence electrons. The topological polar surface area (TPSA) is 41.5 Å². The molecule has 0 saturated heterocycles. The van der Waals surface area contributed by atoms with Crippen LogP contribution in [0.25, 0.3) is 0 Å². The summed E-state index contributed by atoms with van der Waals surface area (Å²) < 4.78 is 98.8.